The van der Waals surface area contributed by atoms with Crippen LogP contribution in [0.5, 0.6) is 0 Å². The summed E-state index contributed by atoms with van der Waals surface area (Å²) < 4.78 is 5.37. The van der Waals surface area contributed by atoms with Crippen molar-refractivity contribution in [2.45, 2.75) is 25.4 Å². The van der Waals surface area contributed by atoms with Crippen molar-refractivity contribution in [3.63, 3.8) is 0 Å². The molecule has 1 atom stereocenters. The highest BCUT2D eigenvalue weighted by atomic mass is 35.5. The molecule has 29 heavy (non-hydrogen) atoms. The lowest BCUT2D eigenvalue weighted by Gasteiger charge is -2.55. The smallest absolute Gasteiger partial charge is 0.320 e. The van der Waals surface area contributed by atoms with E-state index in [1.54, 1.807) is 24.3 Å². The lowest BCUT2D eigenvalue weighted by Crippen LogP contribution is -2.71. The van der Waals surface area contributed by atoms with Crippen LogP contribution in [0.3, 0.4) is 0 Å². The number of benzene rings is 1. The molecule has 4 rings (SSSR count). The van der Waals surface area contributed by atoms with Gasteiger partial charge in [-0.15, -0.1) is 0 Å². The highest BCUT2D eigenvalue weighted by Crippen LogP contribution is 2.29. The SMILES string of the molecule is CC1(C)CN(C(=O)c2ccc(Cl)cc2)CC2CN(C(=O)N3CCOCC3)CCN21. The van der Waals surface area contributed by atoms with Crippen LogP contribution >= 0.6 is 11.6 Å². The van der Waals surface area contributed by atoms with Gasteiger partial charge in [0.1, 0.15) is 0 Å². The molecule has 0 spiro atoms. The number of piperazine rings is 2. The number of carbonyl (C=O) groups is 2. The number of morpholine rings is 1. The largest absolute Gasteiger partial charge is 0.378 e. The summed E-state index contributed by atoms with van der Waals surface area (Å²) in [5, 5.41) is 0.622. The first-order chi connectivity index (χ1) is 13.8. The Morgan fingerprint density at radius 1 is 0.966 bits per heavy atom. The molecule has 0 aromatic heterocycles. The highest BCUT2D eigenvalue weighted by molar-refractivity contribution is 6.30. The van der Waals surface area contributed by atoms with Crippen molar-refractivity contribution >= 4 is 23.5 Å². The van der Waals surface area contributed by atoms with Gasteiger partial charge in [-0.2, -0.15) is 0 Å². The van der Waals surface area contributed by atoms with Gasteiger partial charge < -0.3 is 19.4 Å². The van der Waals surface area contributed by atoms with E-state index in [0.717, 1.165) is 13.1 Å². The van der Waals surface area contributed by atoms with Gasteiger partial charge in [0.05, 0.1) is 13.2 Å². The van der Waals surface area contributed by atoms with Crippen LogP contribution in [0.4, 0.5) is 4.79 Å². The fourth-order valence-corrected chi connectivity index (χ4v) is 4.87. The van der Waals surface area contributed by atoms with E-state index in [9.17, 15) is 9.59 Å². The second-order valence-electron chi connectivity index (χ2n) is 8.68. The summed E-state index contributed by atoms with van der Waals surface area (Å²) in [7, 11) is 0. The molecular weight excluding hydrogens is 392 g/mol. The van der Waals surface area contributed by atoms with Crippen molar-refractivity contribution in [2.75, 3.05) is 59.0 Å². The summed E-state index contributed by atoms with van der Waals surface area (Å²) in [6.45, 7) is 10.4. The van der Waals surface area contributed by atoms with E-state index < -0.39 is 0 Å². The molecule has 3 heterocycles. The lowest BCUT2D eigenvalue weighted by molar-refractivity contribution is -0.0523. The first-order valence-corrected chi connectivity index (χ1v) is 10.7. The molecule has 3 amide bonds. The molecule has 3 fully saturated rings. The molecule has 3 aliphatic rings. The maximum Gasteiger partial charge on any atom is 0.320 e. The van der Waals surface area contributed by atoms with Crippen LogP contribution in [-0.2, 0) is 4.74 Å². The van der Waals surface area contributed by atoms with Gasteiger partial charge in [-0.3, -0.25) is 9.69 Å². The Hall–Kier alpha value is -1.83. The fraction of sp³-hybridized carbons (Fsp3) is 0.619. The first kappa shape index (κ1) is 20.4. The molecule has 7 nitrogen and oxygen atoms in total. The zero-order chi connectivity index (χ0) is 20.6. The van der Waals surface area contributed by atoms with Crippen molar-refractivity contribution < 1.29 is 14.3 Å². The standard InChI is InChI=1S/C21H29ClN4O3/c1-21(2)15-25(19(27)16-3-5-17(22)6-4-16)14-18-13-24(7-8-26(18)21)20(28)23-9-11-29-12-10-23/h3-6,18H,7-15H2,1-2H3. The lowest BCUT2D eigenvalue weighted by atomic mass is 9.92. The second-order valence-corrected chi connectivity index (χ2v) is 9.12. The van der Waals surface area contributed by atoms with E-state index in [1.807, 2.05) is 14.7 Å². The average Bonchev–Trinajstić information content (AvgIpc) is 2.73. The highest BCUT2D eigenvalue weighted by Gasteiger charge is 2.45. The Labute approximate surface area is 177 Å². The van der Waals surface area contributed by atoms with Gasteiger partial charge in [0.25, 0.3) is 5.91 Å². The van der Waals surface area contributed by atoms with Crippen molar-refractivity contribution in [3.05, 3.63) is 34.9 Å². The third-order valence-corrected chi connectivity index (χ3v) is 6.45. The van der Waals surface area contributed by atoms with Crippen molar-refractivity contribution in [2.24, 2.45) is 0 Å². The number of carbonyl (C=O) groups excluding carboxylic acids is 2. The molecule has 0 saturated carbocycles. The maximum atomic E-state index is 13.1. The Kier molecular flexibility index (Phi) is 5.73. The molecule has 0 radical (unpaired) electrons. The molecule has 1 aromatic rings. The second kappa shape index (κ2) is 8.13. The van der Waals surface area contributed by atoms with E-state index in [0.29, 0.717) is 56.5 Å². The minimum Gasteiger partial charge on any atom is -0.378 e. The van der Waals surface area contributed by atoms with Crippen LogP contribution in [0.25, 0.3) is 0 Å². The Balaban J connectivity index is 1.47. The van der Waals surface area contributed by atoms with Gasteiger partial charge in [0.2, 0.25) is 0 Å². The van der Waals surface area contributed by atoms with Crippen LogP contribution in [-0.4, -0.2) is 102 Å². The van der Waals surface area contributed by atoms with Crippen LogP contribution in [0.1, 0.15) is 24.2 Å². The quantitative estimate of drug-likeness (QED) is 0.697. The van der Waals surface area contributed by atoms with Gasteiger partial charge in [-0.1, -0.05) is 11.6 Å². The Morgan fingerprint density at radius 2 is 1.62 bits per heavy atom. The summed E-state index contributed by atoms with van der Waals surface area (Å²) in [5.74, 6) is 0.0195. The third kappa shape index (κ3) is 4.22. The molecule has 8 heteroatoms. The molecule has 1 aromatic carbocycles. The predicted molar refractivity (Wildman–Crippen MR) is 111 cm³/mol. The van der Waals surface area contributed by atoms with Crippen LogP contribution in [0.15, 0.2) is 24.3 Å². The number of rotatable bonds is 1. The molecule has 1 unspecified atom stereocenters. The zero-order valence-electron chi connectivity index (χ0n) is 17.1. The van der Waals surface area contributed by atoms with Crippen LogP contribution < -0.4 is 0 Å². The Bertz CT molecular complexity index is 764. The van der Waals surface area contributed by atoms with E-state index in [2.05, 4.69) is 18.7 Å². The summed E-state index contributed by atoms with van der Waals surface area (Å²) in [6, 6.07) is 7.28. The number of fused-ring (bicyclic) bond motifs is 1. The van der Waals surface area contributed by atoms with E-state index in [1.165, 1.54) is 0 Å². The van der Waals surface area contributed by atoms with Crippen molar-refractivity contribution in [1.29, 1.82) is 0 Å². The number of amides is 3. The molecule has 158 valence electrons. The maximum absolute atomic E-state index is 13.1. The van der Waals surface area contributed by atoms with Gasteiger partial charge >= 0.3 is 6.03 Å². The topological polar surface area (TPSA) is 56.3 Å². The number of hydrogen-bond donors (Lipinski definition) is 0. The van der Waals surface area contributed by atoms with Crippen LogP contribution in [0.2, 0.25) is 5.02 Å². The van der Waals surface area contributed by atoms with E-state index in [-0.39, 0.29) is 23.5 Å². The molecular formula is C21H29ClN4O3. The molecule has 3 aliphatic heterocycles. The van der Waals surface area contributed by atoms with Gasteiger partial charge in [0, 0.05) is 68.0 Å². The van der Waals surface area contributed by atoms with Crippen molar-refractivity contribution in [1.82, 2.24) is 19.6 Å². The number of urea groups is 1. The monoisotopic (exact) mass is 420 g/mol. The number of hydrogen-bond acceptors (Lipinski definition) is 4. The van der Waals surface area contributed by atoms with E-state index in [4.69, 9.17) is 16.3 Å². The van der Waals surface area contributed by atoms with Gasteiger partial charge in [-0.05, 0) is 38.1 Å². The Morgan fingerprint density at radius 3 is 2.31 bits per heavy atom. The minimum atomic E-state index is -0.140. The van der Waals surface area contributed by atoms with Crippen molar-refractivity contribution in [3.8, 4) is 0 Å². The van der Waals surface area contributed by atoms with Crippen LogP contribution in [0, 0.1) is 0 Å². The molecule has 0 aliphatic carbocycles. The fourth-order valence-electron chi connectivity index (χ4n) is 4.74. The molecule has 3 saturated heterocycles. The number of nitrogens with zero attached hydrogens (tertiary/aromatic N) is 4. The number of halogens is 1. The normalized spacial score (nSPS) is 24.9. The van der Waals surface area contributed by atoms with Gasteiger partial charge in [-0.25, -0.2) is 4.79 Å². The summed E-state index contributed by atoms with van der Waals surface area (Å²) >= 11 is 5.97. The van der Waals surface area contributed by atoms with Gasteiger partial charge in [0.15, 0.2) is 0 Å². The third-order valence-electron chi connectivity index (χ3n) is 6.20. The summed E-state index contributed by atoms with van der Waals surface area (Å²) in [5.41, 5.74) is 0.509. The summed E-state index contributed by atoms with van der Waals surface area (Å²) in [4.78, 5) is 34.2. The molecule has 0 N–H and O–H groups in total. The van der Waals surface area contributed by atoms with E-state index >= 15 is 0 Å². The summed E-state index contributed by atoms with van der Waals surface area (Å²) in [6.07, 6.45) is 0. The molecule has 0 bridgehead atoms. The predicted octanol–water partition coefficient (Wildman–Crippen LogP) is 2.01. The number of ether oxygens (including phenoxy) is 1. The zero-order valence-corrected chi connectivity index (χ0v) is 17.9. The first-order valence-electron chi connectivity index (χ1n) is 10.3. The average molecular weight is 421 g/mol. The minimum absolute atomic E-state index is 0.0195.